The van der Waals surface area contributed by atoms with Crippen LogP contribution < -0.4 is 15.0 Å². The van der Waals surface area contributed by atoms with Gasteiger partial charge in [-0.25, -0.2) is 14.4 Å². The van der Waals surface area contributed by atoms with Gasteiger partial charge in [0.05, 0.1) is 12.2 Å². The summed E-state index contributed by atoms with van der Waals surface area (Å²) in [7, 11) is 3.73. The van der Waals surface area contributed by atoms with E-state index < -0.39 is 0 Å². The van der Waals surface area contributed by atoms with Crippen molar-refractivity contribution in [2.45, 2.75) is 13.5 Å². The van der Waals surface area contributed by atoms with Crippen LogP contribution in [0.3, 0.4) is 0 Å². The number of carbonyl (C=O) groups excluding carboxylic acids is 1. The number of amides is 1. The van der Waals surface area contributed by atoms with Crippen molar-refractivity contribution in [3.8, 4) is 11.5 Å². The SMILES string of the molecule is Cc1cc(CNC(=O)c2cccc(Oc3ccc(F)cc3)c2)nc(N(C)C)n1. The summed E-state index contributed by atoms with van der Waals surface area (Å²) >= 11 is 0. The minimum Gasteiger partial charge on any atom is -0.457 e. The average molecular weight is 380 g/mol. The van der Waals surface area contributed by atoms with Crippen LogP contribution in [-0.2, 0) is 6.54 Å². The minimum absolute atomic E-state index is 0.243. The van der Waals surface area contributed by atoms with Gasteiger partial charge in [-0.15, -0.1) is 0 Å². The lowest BCUT2D eigenvalue weighted by atomic mass is 10.2. The van der Waals surface area contributed by atoms with Crippen molar-refractivity contribution in [3.05, 3.63) is 77.4 Å². The molecule has 28 heavy (non-hydrogen) atoms. The van der Waals surface area contributed by atoms with Crippen molar-refractivity contribution < 1.29 is 13.9 Å². The van der Waals surface area contributed by atoms with Crippen LogP contribution in [0.25, 0.3) is 0 Å². The van der Waals surface area contributed by atoms with E-state index in [-0.39, 0.29) is 18.3 Å². The number of halogens is 1. The molecule has 3 aromatic rings. The maximum absolute atomic E-state index is 13.0. The van der Waals surface area contributed by atoms with Crippen LogP contribution in [-0.4, -0.2) is 30.0 Å². The quantitative estimate of drug-likeness (QED) is 0.706. The predicted molar refractivity (Wildman–Crippen MR) is 105 cm³/mol. The summed E-state index contributed by atoms with van der Waals surface area (Å²) in [5.74, 6) is 1.00. The fourth-order valence-electron chi connectivity index (χ4n) is 2.52. The number of nitrogens with one attached hydrogen (secondary N) is 1. The summed E-state index contributed by atoms with van der Waals surface area (Å²) in [6.45, 7) is 2.17. The molecule has 7 heteroatoms. The first-order valence-electron chi connectivity index (χ1n) is 8.74. The first kappa shape index (κ1) is 19.3. The van der Waals surface area contributed by atoms with Gasteiger partial charge in [0.25, 0.3) is 5.91 Å². The number of anilines is 1. The largest absolute Gasteiger partial charge is 0.457 e. The highest BCUT2D eigenvalue weighted by Gasteiger charge is 2.09. The molecule has 144 valence electrons. The zero-order valence-corrected chi connectivity index (χ0v) is 15.9. The number of hydrogen-bond donors (Lipinski definition) is 1. The lowest BCUT2D eigenvalue weighted by Gasteiger charge is -2.13. The first-order chi connectivity index (χ1) is 13.4. The van der Waals surface area contributed by atoms with Gasteiger partial charge in [-0.05, 0) is 55.5 Å². The molecule has 1 amide bonds. The first-order valence-corrected chi connectivity index (χ1v) is 8.74. The highest BCUT2D eigenvalue weighted by Crippen LogP contribution is 2.22. The maximum Gasteiger partial charge on any atom is 0.251 e. The molecular formula is C21H21FN4O2. The van der Waals surface area contributed by atoms with E-state index in [1.165, 1.54) is 24.3 Å². The Bertz CT molecular complexity index is 974. The Morgan fingerprint density at radius 2 is 1.82 bits per heavy atom. The minimum atomic E-state index is -0.335. The number of benzene rings is 2. The topological polar surface area (TPSA) is 67.3 Å². The molecule has 0 unspecified atom stereocenters. The van der Waals surface area contributed by atoms with Crippen molar-refractivity contribution in [1.29, 1.82) is 0 Å². The Labute approximate surface area is 163 Å². The predicted octanol–water partition coefficient (Wildman–Crippen LogP) is 3.71. The average Bonchev–Trinajstić information content (AvgIpc) is 2.67. The van der Waals surface area contributed by atoms with Gasteiger partial charge in [0.1, 0.15) is 17.3 Å². The Morgan fingerprint density at radius 1 is 1.07 bits per heavy atom. The van der Waals surface area contributed by atoms with Crippen LogP contribution in [0.15, 0.2) is 54.6 Å². The molecule has 0 spiro atoms. The second kappa shape index (κ2) is 8.47. The summed E-state index contributed by atoms with van der Waals surface area (Å²) in [5, 5.41) is 2.85. The smallest absolute Gasteiger partial charge is 0.251 e. The van der Waals surface area contributed by atoms with Gasteiger partial charge in [0.2, 0.25) is 5.95 Å². The lowest BCUT2D eigenvalue weighted by Crippen LogP contribution is -2.24. The summed E-state index contributed by atoms with van der Waals surface area (Å²) in [6, 6.07) is 14.3. The second-order valence-corrected chi connectivity index (χ2v) is 6.46. The Kier molecular flexibility index (Phi) is 5.84. The molecule has 1 heterocycles. The van der Waals surface area contributed by atoms with Gasteiger partial charge in [-0.1, -0.05) is 6.07 Å². The molecule has 0 aliphatic heterocycles. The fourth-order valence-corrected chi connectivity index (χ4v) is 2.52. The standard InChI is InChI=1S/C21H21FN4O2/c1-14-11-17(25-21(24-14)26(2)3)13-23-20(27)15-5-4-6-19(12-15)28-18-9-7-16(22)8-10-18/h4-12H,13H2,1-3H3,(H,23,27). The van der Waals surface area contributed by atoms with Gasteiger partial charge >= 0.3 is 0 Å². The molecule has 1 aromatic heterocycles. The number of nitrogens with zero attached hydrogens (tertiary/aromatic N) is 3. The normalized spacial score (nSPS) is 10.4. The van der Waals surface area contributed by atoms with Crippen LogP contribution in [0.1, 0.15) is 21.7 Å². The van der Waals surface area contributed by atoms with E-state index in [1.54, 1.807) is 24.3 Å². The number of carbonyl (C=O) groups is 1. The summed E-state index contributed by atoms with van der Waals surface area (Å²) in [6.07, 6.45) is 0. The van der Waals surface area contributed by atoms with E-state index in [4.69, 9.17) is 4.74 Å². The van der Waals surface area contributed by atoms with Gasteiger partial charge in [-0.3, -0.25) is 4.79 Å². The van der Waals surface area contributed by atoms with Crippen molar-refractivity contribution in [1.82, 2.24) is 15.3 Å². The van der Waals surface area contributed by atoms with Crippen LogP contribution in [0.5, 0.6) is 11.5 Å². The fraction of sp³-hybridized carbons (Fsp3) is 0.190. The summed E-state index contributed by atoms with van der Waals surface area (Å²) in [4.78, 5) is 23.1. The number of rotatable bonds is 6. The van der Waals surface area contributed by atoms with E-state index in [0.29, 0.717) is 23.0 Å². The molecule has 0 aliphatic rings. The van der Waals surface area contributed by atoms with E-state index >= 15 is 0 Å². The highest BCUT2D eigenvalue weighted by molar-refractivity contribution is 5.94. The Balaban J connectivity index is 1.67. The third-order valence-corrected chi connectivity index (χ3v) is 3.87. The molecule has 0 atom stereocenters. The molecule has 0 saturated carbocycles. The van der Waals surface area contributed by atoms with E-state index in [9.17, 15) is 9.18 Å². The van der Waals surface area contributed by atoms with Crippen molar-refractivity contribution in [2.24, 2.45) is 0 Å². The number of aromatic nitrogens is 2. The molecule has 0 saturated heterocycles. The monoisotopic (exact) mass is 380 g/mol. The zero-order valence-electron chi connectivity index (χ0n) is 15.9. The zero-order chi connectivity index (χ0) is 20.1. The molecule has 2 aromatic carbocycles. The van der Waals surface area contributed by atoms with Crippen molar-refractivity contribution >= 4 is 11.9 Å². The van der Waals surface area contributed by atoms with Crippen LogP contribution >= 0.6 is 0 Å². The summed E-state index contributed by atoms with van der Waals surface area (Å²) < 4.78 is 18.7. The molecule has 0 radical (unpaired) electrons. The molecular weight excluding hydrogens is 359 g/mol. The van der Waals surface area contributed by atoms with Crippen molar-refractivity contribution in [3.63, 3.8) is 0 Å². The molecule has 0 fully saturated rings. The molecule has 1 N–H and O–H groups in total. The van der Waals surface area contributed by atoms with E-state index in [2.05, 4.69) is 15.3 Å². The van der Waals surface area contributed by atoms with E-state index in [0.717, 1.165) is 11.4 Å². The van der Waals surface area contributed by atoms with Gasteiger partial charge < -0.3 is 15.0 Å². The number of aryl methyl sites for hydroxylation is 1. The van der Waals surface area contributed by atoms with Gasteiger partial charge in [0, 0.05) is 25.4 Å². The molecule has 0 aliphatic carbocycles. The van der Waals surface area contributed by atoms with E-state index in [1.807, 2.05) is 32.0 Å². The number of ether oxygens (including phenoxy) is 1. The highest BCUT2D eigenvalue weighted by atomic mass is 19.1. The van der Waals surface area contributed by atoms with Crippen LogP contribution in [0.4, 0.5) is 10.3 Å². The van der Waals surface area contributed by atoms with Gasteiger partial charge in [0.15, 0.2) is 0 Å². The third kappa shape index (κ3) is 5.03. The maximum atomic E-state index is 13.0. The lowest BCUT2D eigenvalue weighted by molar-refractivity contribution is 0.0950. The van der Waals surface area contributed by atoms with Crippen LogP contribution in [0, 0.1) is 12.7 Å². The number of hydrogen-bond acceptors (Lipinski definition) is 5. The third-order valence-electron chi connectivity index (χ3n) is 3.87. The van der Waals surface area contributed by atoms with Crippen molar-refractivity contribution in [2.75, 3.05) is 19.0 Å². The molecule has 3 rings (SSSR count). The Hall–Kier alpha value is -3.48. The Morgan fingerprint density at radius 3 is 2.54 bits per heavy atom. The van der Waals surface area contributed by atoms with Gasteiger partial charge in [-0.2, -0.15) is 0 Å². The second-order valence-electron chi connectivity index (χ2n) is 6.46. The summed E-state index contributed by atoms with van der Waals surface area (Å²) in [5.41, 5.74) is 2.01. The molecule has 6 nitrogen and oxygen atoms in total. The molecule has 0 bridgehead atoms. The van der Waals surface area contributed by atoms with Crippen LogP contribution in [0.2, 0.25) is 0 Å².